The molecule has 0 bridgehead atoms. The summed E-state index contributed by atoms with van der Waals surface area (Å²) in [7, 11) is 1.31. The minimum atomic E-state index is -0.466. The normalized spacial score (nSPS) is 13.8. The fourth-order valence-electron chi connectivity index (χ4n) is 3.00. The number of amides is 2. The van der Waals surface area contributed by atoms with E-state index in [1.807, 2.05) is 0 Å². The molecule has 0 spiro atoms. The fourth-order valence-corrected chi connectivity index (χ4v) is 3.00. The van der Waals surface area contributed by atoms with Crippen molar-refractivity contribution in [2.45, 2.75) is 6.92 Å². The van der Waals surface area contributed by atoms with Crippen LogP contribution in [0.1, 0.15) is 27.6 Å². The lowest BCUT2D eigenvalue weighted by molar-refractivity contribution is -0.129. The van der Waals surface area contributed by atoms with Crippen LogP contribution in [0.4, 0.5) is 11.5 Å². The van der Waals surface area contributed by atoms with E-state index in [1.165, 1.54) is 13.3 Å². The van der Waals surface area contributed by atoms with E-state index in [9.17, 15) is 14.4 Å². The van der Waals surface area contributed by atoms with Crippen LogP contribution in [0.15, 0.2) is 42.6 Å². The highest BCUT2D eigenvalue weighted by atomic mass is 16.5. The van der Waals surface area contributed by atoms with Gasteiger partial charge in [0.25, 0.3) is 5.91 Å². The van der Waals surface area contributed by atoms with Crippen molar-refractivity contribution in [2.75, 3.05) is 43.5 Å². The molecule has 1 N–H and O–H groups in total. The van der Waals surface area contributed by atoms with Crippen molar-refractivity contribution in [1.29, 1.82) is 0 Å². The number of aromatic nitrogens is 1. The Morgan fingerprint density at radius 2 is 1.79 bits per heavy atom. The zero-order valence-corrected chi connectivity index (χ0v) is 15.8. The van der Waals surface area contributed by atoms with Crippen LogP contribution in [-0.4, -0.2) is 61.0 Å². The monoisotopic (exact) mass is 382 g/mol. The third-order valence-corrected chi connectivity index (χ3v) is 4.60. The Morgan fingerprint density at radius 3 is 2.39 bits per heavy atom. The molecule has 8 heteroatoms. The number of benzene rings is 1. The maximum Gasteiger partial charge on any atom is 0.337 e. The van der Waals surface area contributed by atoms with E-state index < -0.39 is 5.97 Å². The number of nitrogens with one attached hydrogen (secondary N) is 1. The predicted octanol–water partition coefficient (Wildman–Crippen LogP) is 1.79. The van der Waals surface area contributed by atoms with Gasteiger partial charge in [0, 0.05) is 45.0 Å². The third kappa shape index (κ3) is 4.46. The minimum Gasteiger partial charge on any atom is -0.465 e. The van der Waals surface area contributed by atoms with Gasteiger partial charge in [0.1, 0.15) is 5.82 Å². The molecule has 1 saturated heterocycles. The first-order chi connectivity index (χ1) is 13.5. The van der Waals surface area contributed by atoms with E-state index in [-0.39, 0.29) is 11.8 Å². The Kier molecular flexibility index (Phi) is 5.88. The highest BCUT2D eigenvalue weighted by Gasteiger charge is 2.19. The van der Waals surface area contributed by atoms with Gasteiger partial charge in [-0.05, 0) is 30.3 Å². The summed E-state index contributed by atoms with van der Waals surface area (Å²) < 4.78 is 4.68. The van der Waals surface area contributed by atoms with Crippen LogP contribution in [0.2, 0.25) is 0 Å². The van der Waals surface area contributed by atoms with Crippen molar-refractivity contribution in [1.82, 2.24) is 9.88 Å². The molecule has 0 aliphatic carbocycles. The molecule has 146 valence electrons. The standard InChI is InChI=1S/C20H22N4O4/c1-14(25)23-8-10-24(11-9-23)18-7-6-16(13-21-18)19(26)22-17-5-3-4-15(12-17)20(27)28-2/h3-7,12-13H,8-11H2,1-2H3,(H,22,26). The van der Waals surface area contributed by atoms with Gasteiger partial charge in [-0.2, -0.15) is 0 Å². The van der Waals surface area contributed by atoms with Gasteiger partial charge in [0.2, 0.25) is 5.91 Å². The molecule has 1 aliphatic heterocycles. The van der Waals surface area contributed by atoms with Crippen LogP contribution >= 0.6 is 0 Å². The highest BCUT2D eigenvalue weighted by Crippen LogP contribution is 2.16. The molecule has 1 aliphatic rings. The van der Waals surface area contributed by atoms with Gasteiger partial charge in [-0.25, -0.2) is 9.78 Å². The Labute approximate surface area is 163 Å². The number of methoxy groups -OCH3 is 1. The van der Waals surface area contributed by atoms with E-state index in [1.54, 1.807) is 48.2 Å². The molecule has 8 nitrogen and oxygen atoms in total. The number of hydrogen-bond acceptors (Lipinski definition) is 6. The van der Waals surface area contributed by atoms with Crippen LogP contribution in [0.5, 0.6) is 0 Å². The number of hydrogen-bond donors (Lipinski definition) is 1. The first-order valence-electron chi connectivity index (χ1n) is 8.94. The Bertz CT molecular complexity index is 874. The Morgan fingerprint density at radius 1 is 1.04 bits per heavy atom. The average Bonchev–Trinajstić information content (AvgIpc) is 2.73. The molecule has 1 fully saturated rings. The van der Waals surface area contributed by atoms with Crippen LogP contribution in [0, 0.1) is 0 Å². The number of carbonyl (C=O) groups is 3. The summed E-state index contributed by atoms with van der Waals surface area (Å²) in [6.45, 7) is 4.31. The quantitative estimate of drug-likeness (QED) is 0.811. The van der Waals surface area contributed by atoms with Gasteiger partial charge in [0.05, 0.1) is 18.2 Å². The molecule has 3 rings (SSSR count). The van der Waals surface area contributed by atoms with Gasteiger partial charge in [-0.3, -0.25) is 9.59 Å². The number of esters is 1. The molecule has 2 aromatic rings. The van der Waals surface area contributed by atoms with Crippen molar-refractivity contribution in [3.63, 3.8) is 0 Å². The first-order valence-corrected chi connectivity index (χ1v) is 8.94. The summed E-state index contributed by atoms with van der Waals surface area (Å²) in [5, 5.41) is 2.75. The second kappa shape index (κ2) is 8.51. The Hall–Kier alpha value is -3.42. The lowest BCUT2D eigenvalue weighted by Crippen LogP contribution is -2.48. The zero-order valence-electron chi connectivity index (χ0n) is 15.8. The first kappa shape index (κ1) is 19.3. The molecular formula is C20H22N4O4. The maximum absolute atomic E-state index is 12.4. The maximum atomic E-state index is 12.4. The number of pyridine rings is 1. The molecule has 0 saturated carbocycles. The van der Waals surface area contributed by atoms with Crippen LogP contribution < -0.4 is 10.2 Å². The summed E-state index contributed by atoms with van der Waals surface area (Å²) in [6.07, 6.45) is 1.52. The SMILES string of the molecule is COC(=O)c1cccc(NC(=O)c2ccc(N3CCN(C(C)=O)CC3)nc2)c1. The largest absolute Gasteiger partial charge is 0.465 e. The highest BCUT2D eigenvalue weighted by molar-refractivity contribution is 6.04. The van der Waals surface area contributed by atoms with E-state index >= 15 is 0 Å². The topological polar surface area (TPSA) is 91.8 Å². The number of anilines is 2. The van der Waals surface area contributed by atoms with Gasteiger partial charge in [0.15, 0.2) is 0 Å². The van der Waals surface area contributed by atoms with E-state index in [4.69, 9.17) is 0 Å². The molecule has 0 unspecified atom stereocenters. The van der Waals surface area contributed by atoms with Crippen molar-refractivity contribution in [3.8, 4) is 0 Å². The molecular weight excluding hydrogens is 360 g/mol. The van der Waals surface area contributed by atoms with Gasteiger partial charge in [-0.1, -0.05) is 6.07 Å². The van der Waals surface area contributed by atoms with Gasteiger partial charge >= 0.3 is 5.97 Å². The molecule has 28 heavy (non-hydrogen) atoms. The van der Waals surface area contributed by atoms with Crippen LogP contribution in [0.25, 0.3) is 0 Å². The molecule has 0 atom stereocenters. The number of piperazine rings is 1. The second-order valence-electron chi connectivity index (χ2n) is 6.42. The lowest BCUT2D eigenvalue weighted by Gasteiger charge is -2.34. The number of ether oxygens (including phenoxy) is 1. The second-order valence-corrected chi connectivity index (χ2v) is 6.42. The summed E-state index contributed by atoms with van der Waals surface area (Å²) in [5.74, 6) is 0.0674. The molecule has 1 aromatic carbocycles. The fraction of sp³-hybridized carbons (Fsp3) is 0.300. The number of carbonyl (C=O) groups excluding carboxylic acids is 3. The third-order valence-electron chi connectivity index (χ3n) is 4.60. The summed E-state index contributed by atoms with van der Waals surface area (Å²) in [5.41, 5.74) is 1.27. The number of nitrogens with zero attached hydrogens (tertiary/aromatic N) is 3. The molecule has 2 heterocycles. The summed E-state index contributed by atoms with van der Waals surface area (Å²) in [4.78, 5) is 43.7. The Balaban J connectivity index is 1.63. The van der Waals surface area contributed by atoms with Crippen molar-refractivity contribution in [2.24, 2.45) is 0 Å². The predicted molar refractivity (Wildman–Crippen MR) is 104 cm³/mol. The smallest absolute Gasteiger partial charge is 0.337 e. The van der Waals surface area contributed by atoms with Crippen molar-refractivity contribution < 1.29 is 19.1 Å². The molecule has 0 radical (unpaired) electrons. The van der Waals surface area contributed by atoms with E-state index in [0.29, 0.717) is 43.0 Å². The van der Waals surface area contributed by atoms with Gasteiger partial charge in [-0.15, -0.1) is 0 Å². The summed E-state index contributed by atoms with van der Waals surface area (Å²) >= 11 is 0. The molecule has 2 amide bonds. The van der Waals surface area contributed by atoms with Crippen molar-refractivity contribution >= 4 is 29.3 Å². The van der Waals surface area contributed by atoms with E-state index in [2.05, 4.69) is 19.9 Å². The van der Waals surface area contributed by atoms with Crippen LogP contribution in [-0.2, 0) is 9.53 Å². The van der Waals surface area contributed by atoms with E-state index in [0.717, 1.165) is 5.82 Å². The lowest BCUT2D eigenvalue weighted by atomic mass is 10.2. The molecule has 1 aromatic heterocycles. The van der Waals surface area contributed by atoms with Crippen LogP contribution in [0.3, 0.4) is 0 Å². The summed E-state index contributed by atoms with van der Waals surface area (Å²) in [6, 6.07) is 10.0. The average molecular weight is 382 g/mol. The van der Waals surface area contributed by atoms with Gasteiger partial charge < -0.3 is 19.9 Å². The minimum absolute atomic E-state index is 0.0795. The number of rotatable bonds is 4. The van der Waals surface area contributed by atoms with Crippen molar-refractivity contribution in [3.05, 3.63) is 53.7 Å². The zero-order chi connectivity index (χ0) is 20.1.